The Morgan fingerprint density at radius 1 is 1.09 bits per heavy atom. The van der Waals surface area contributed by atoms with E-state index in [1.165, 1.54) is 45.2 Å². The number of carbonyl (C=O) groups excluding carboxylic acids is 1. The predicted octanol–water partition coefficient (Wildman–Crippen LogP) is 3.09. The molecule has 0 N–H and O–H groups in total. The maximum atomic E-state index is 12.7. The molecular formula is C19H28N2O. The number of amides is 1. The molecule has 1 amide bonds. The van der Waals surface area contributed by atoms with Gasteiger partial charge in [-0.05, 0) is 44.3 Å². The average molecular weight is 300 g/mol. The second-order valence-corrected chi connectivity index (χ2v) is 6.83. The number of rotatable bonds is 4. The van der Waals surface area contributed by atoms with E-state index in [0.29, 0.717) is 18.5 Å². The molecule has 0 bridgehead atoms. The Labute approximate surface area is 134 Å². The number of hydrogen-bond donors (Lipinski definition) is 0. The van der Waals surface area contributed by atoms with Crippen molar-refractivity contribution < 1.29 is 4.79 Å². The Morgan fingerprint density at radius 2 is 1.77 bits per heavy atom. The van der Waals surface area contributed by atoms with Gasteiger partial charge in [0.1, 0.15) is 0 Å². The molecule has 0 radical (unpaired) electrons. The van der Waals surface area contributed by atoms with Crippen LogP contribution in [0.2, 0.25) is 0 Å². The van der Waals surface area contributed by atoms with Crippen molar-refractivity contribution in [3.63, 3.8) is 0 Å². The van der Waals surface area contributed by atoms with Crippen LogP contribution in [0.25, 0.3) is 0 Å². The predicted molar refractivity (Wildman–Crippen MR) is 89.8 cm³/mol. The molecular weight excluding hydrogens is 272 g/mol. The summed E-state index contributed by atoms with van der Waals surface area (Å²) in [6, 6.07) is 11.1. The lowest BCUT2D eigenvalue weighted by Crippen LogP contribution is -2.53. The smallest absolute Gasteiger partial charge is 0.227 e. The molecule has 3 rings (SSSR count). The van der Waals surface area contributed by atoms with E-state index in [-0.39, 0.29) is 5.91 Å². The van der Waals surface area contributed by atoms with E-state index in [1.807, 2.05) is 37.4 Å². The summed E-state index contributed by atoms with van der Waals surface area (Å²) in [6.07, 6.45) is 8.18. The van der Waals surface area contributed by atoms with Crippen molar-refractivity contribution in [2.45, 2.75) is 57.0 Å². The van der Waals surface area contributed by atoms with Crippen LogP contribution in [0.4, 0.5) is 0 Å². The Balaban J connectivity index is 1.65. The topological polar surface area (TPSA) is 23.6 Å². The summed E-state index contributed by atoms with van der Waals surface area (Å²) >= 11 is 0. The Kier molecular flexibility index (Phi) is 5.14. The van der Waals surface area contributed by atoms with Gasteiger partial charge in [-0.1, -0.05) is 43.2 Å². The molecule has 22 heavy (non-hydrogen) atoms. The van der Waals surface area contributed by atoms with Crippen LogP contribution in [-0.4, -0.2) is 47.9 Å². The third-order valence-corrected chi connectivity index (χ3v) is 5.39. The zero-order valence-corrected chi connectivity index (χ0v) is 13.7. The summed E-state index contributed by atoms with van der Waals surface area (Å²) in [5.41, 5.74) is 1.12. The minimum absolute atomic E-state index is 0.266. The molecule has 1 aliphatic carbocycles. The maximum absolute atomic E-state index is 12.7. The number of nitrogens with zero attached hydrogens (tertiary/aromatic N) is 2. The molecule has 0 spiro atoms. The molecule has 1 saturated heterocycles. The van der Waals surface area contributed by atoms with Gasteiger partial charge in [-0.3, -0.25) is 9.69 Å². The first-order chi connectivity index (χ1) is 10.8. The Morgan fingerprint density at radius 3 is 2.50 bits per heavy atom. The van der Waals surface area contributed by atoms with E-state index in [4.69, 9.17) is 0 Å². The highest BCUT2D eigenvalue weighted by molar-refractivity contribution is 5.78. The summed E-state index contributed by atoms with van der Waals surface area (Å²) in [7, 11) is 2.02. The van der Waals surface area contributed by atoms with E-state index in [0.717, 1.165) is 12.0 Å². The Hall–Kier alpha value is -1.35. The van der Waals surface area contributed by atoms with Crippen molar-refractivity contribution >= 4 is 5.91 Å². The lowest BCUT2D eigenvalue weighted by molar-refractivity contribution is -0.133. The van der Waals surface area contributed by atoms with Crippen LogP contribution in [0.3, 0.4) is 0 Å². The standard InChI is InChI=1S/C19H28N2O/c1-20(19(22)15-16-9-3-2-4-10-16)17-11-5-6-12-18(17)21-13-7-8-14-21/h2-4,9-10,17-18H,5-8,11-15H2,1H3/t17-,18-/m1/s1. The fraction of sp³-hybridized carbons (Fsp3) is 0.632. The largest absolute Gasteiger partial charge is 0.341 e. The highest BCUT2D eigenvalue weighted by atomic mass is 16.2. The van der Waals surface area contributed by atoms with Crippen molar-refractivity contribution in [2.75, 3.05) is 20.1 Å². The minimum Gasteiger partial charge on any atom is -0.341 e. The van der Waals surface area contributed by atoms with Crippen molar-refractivity contribution in [1.29, 1.82) is 0 Å². The van der Waals surface area contributed by atoms with E-state index >= 15 is 0 Å². The molecule has 2 aliphatic rings. The molecule has 2 fully saturated rings. The normalized spacial score (nSPS) is 26.0. The highest BCUT2D eigenvalue weighted by Gasteiger charge is 2.35. The number of hydrogen-bond acceptors (Lipinski definition) is 2. The maximum Gasteiger partial charge on any atom is 0.227 e. The summed E-state index contributed by atoms with van der Waals surface area (Å²) in [6.45, 7) is 2.45. The van der Waals surface area contributed by atoms with Crippen molar-refractivity contribution in [2.24, 2.45) is 0 Å². The number of benzene rings is 1. The van der Waals surface area contributed by atoms with Gasteiger partial charge in [-0.2, -0.15) is 0 Å². The first kappa shape index (κ1) is 15.5. The van der Waals surface area contributed by atoms with Gasteiger partial charge >= 0.3 is 0 Å². The SMILES string of the molecule is CN(C(=O)Cc1ccccc1)[C@@H]1CCCC[C@H]1N1CCCC1. The van der Waals surface area contributed by atoms with Crippen molar-refractivity contribution in [3.05, 3.63) is 35.9 Å². The fourth-order valence-electron chi connectivity index (χ4n) is 4.12. The molecule has 1 aromatic rings. The Bertz CT molecular complexity index is 481. The zero-order valence-electron chi connectivity index (χ0n) is 13.7. The lowest BCUT2D eigenvalue weighted by atomic mass is 9.88. The molecule has 0 aromatic heterocycles. The van der Waals surface area contributed by atoms with Gasteiger partial charge in [-0.15, -0.1) is 0 Å². The van der Waals surface area contributed by atoms with E-state index in [9.17, 15) is 4.79 Å². The van der Waals surface area contributed by atoms with Gasteiger partial charge in [0.05, 0.1) is 6.42 Å². The van der Waals surface area contributed by atoms with Crippen LogP contribution >= 0.6 is 0 Å². The van der Waals surface area contributed by atoms with Crippen molar-refractivity contribution in [3.8, 4) is 0 Å². The molecule has 1 heterocycles. The van der Waals surface area contributed by atoms with Gasteiger partial charge in [0.2, 0.25) is 5.91 Å². The van der Waals surface area contributed by atoms with Gasteiger partial charge in [0.25, 0.3) is 0 Å². The second-order valence-electron chi connectivity index (χ2n) is 6.83. The summed E-state index contributed by atoms with van der Waals surface area (Å²) in [4.78, 5) is 17.4. The van der Waals surface area contributed by atoms with Crippen molar-refractivity contribution in [1.82, 2.24) is 9.80 Å². The number of likely N-dealkylation sites (tertiary alicyclic amines) is 1. The summed E-state index contributed by atoms with van der Waals surface area (Å²) in [5.74, 6) is 0.266. The van der Waals surface area contributed by atoms with Gasteiger partial charge in [-0.25, -0.2) is 0 Å². The van der Waals surface area contributed by atoms with E-state index in [1.54, 1.807) is 0 Å². The fourth-order valence-corrected chi connectivity index (χ4v) is 4.12. The van der Waals surface area contributed by atoms with Crippen LogP contribution in [0, 0.1) is 0 Å². The van der Waals surface area contributed by atoms with Gasteiger partial charge in [0, 0.05) is 19.1 Å². The molecule has 3 heteroatoms. The van der Waals surface area contributed by atoms with E-state index in [2.05, 4.69) is 9.80 Å². The third kappa shape index (κ3) is 3.52. The van der Waals surface area contributed by atoms with Crippen LogP contribution in [-0.2, 0) is 11.2 Å². The first-order valence-electron chi connectivity index (χ1n) is 8.79. The third-order valence-electron chi connectivity index (χ3n) is 5.39. The van der Waals surface area contributed by atoms with Crippen LogP contribution in [0.15, 0.2) is 30.3 Å². The van der Waals surface area contributed by atoms with Gasteiger partial charge in [0.15, 0.2) is 0 Å². The molecule has 1 saturated carbocycles. The molecule has 3 nitrogen and oxygen atoms in total. The lowest BCUT2D eigenvalue weighted by Gasteiger charge is -2.42. The monoisotopic (exact) mass is 300 g/mol. The second kappa shape index (κ2) is 7.28. The van der Waals surface area contributed by atoms with Crippen LogP contribution in [0.1, 0.15) is 44.1 Å². The molecule has 1 aromatic carbocycles. The summed E-state index contributed by atoms with van der Waals surface area (Å²) in [5, 5.41) is 0. The summed E-state index contributed by atoms with van der Waals surface area (Å²) < 4.78 is 0. The molecule has 1 aliphatic heterocycles. The molecule has 0 unspecified atom stereocenters. The first-order valence-corrected chi connectivity index (χ1v) is 8.79. The quantitative estimate of drug-likeness (QED) is 0.853. The van der Waals surface area contributed by atoms with Gasteiger partial charge < -0.3 is 4.90 Å². The average Bonchev–Trinajstić information content (AvgIpc) is 3.09. The number of likely N-dealkylation sites (N-methyl/N-ethyl adjacent to an activating group) is 1. The zero-order chi connectivity index (χ0) is 15.4. The van der Waals surface area contributed by atoms with Crippen LogP contribution < -0.4 is 0 Å². The highest BCUT2D eigenvalue weighted by Crippen LogP contribution is 2.29. The van der Waals surface area contributed by atoms with Crippen LogP contribution in [0.5, 0.6) is 0 Å². The molecule has 120 valence electrons. The number of carbonyl (C=O) groups is 1. The van der Waals surface area contributed by atoms with E-state index < -0.39 is 0 Å². The molecule has 2 atom stereocenters. The minimum atomic E-state index is 0.266.